The molecule has 0 amide bonds. The molecule has 0 aromatic heterocycles. The maximum absolute atomic E-state index is 12.5. The van der Waals surface area contributed by atoms with E-state index in [1.165, 1.54) is 6.92 Å². The molecule has 0 aromatic rings. The average molecular weight is 443 g/mol. The van der Waals surface area contributed by atoms with Crippen molar-refractivity contribution in [3.05, 3.63) is 0 Å². The highest BCUT2D eigenvalue weighted by Gasteiger charge is 2.53. The minimum absolute atomic E-state index is 0.0134. The molecule has 2 aliphatic rings. The van der Waals surface area contributed by atoms with Crippen LogP contribution in [0, 0.1) is 0 Å². The van der Waals surface area contributed by atoms with E-state index in [4.69, 9.17) is 43.7 Å². The summed E-state index contributed by atoms with van der Waals surface area (Å²) in [6.07, 6.45) is -2.14. The van der Waals surface area contributed by atoms with Crippen molar-refractivity contribution in [2.24, 2.45) is 0 Å². The predicted octanol–water partition coefficient (Wildman–Crippen LogP) is 0.601. The van der Waals surface area contributed by atoms with Crippen LogP contribution in [-0.2, 0) is 37.4 Å². The standard InChI is InChI=1S/C18H31B2O9P/c1-10(2)24-9-18(12(5)21)15(7-17(20)28-18)29-30(22,23)25-8-14-13(26-11(3)4)6-16(19)27-14/h10-11,13-17H,6-9H2,1-5H3,(H,22,23)/p-1/t13?,14-,15?,16-,17-,18+/m1/s1. The van der Waals surface area contributed by atoms with Crippen molar-refractivity contribution in [1.29, 1.82) is 0 Å². The number of hydrogen-bond acceptors (Lipinski definition) is 9. The van der Waals surface area contributed by atoms with Gasteiger partial charge in [-0.15, -0.1) is 0 Å². The van der Waals surface area contributed by atoms with E-state index < -0.39 is 49.5 Å². The highest BCUT2D eigenvalue weighted by Crippen LogP contribution is 2.47. The van der Waals surface area contributed by atoms with Gasteiger partial charge in [0.2, 0.25) is 0 Å². The van der Waals surface area contributed by atoms with Crippen LogP contribution in [0.4, 0.5) is 0 Å². The van der Waals surface area contributed by atoms with Crippen LogP contribution >= 0.6 is 7.82 Å². The molecule has 168 valence electrons. The number of carbonyl (C=O) groups is 1. The molecule has 2 heterocycles. The third kappa shape index (κ3) is 6.87. The highest BCUT2D eigenvalue weighted by molar-refractivity contribution is 7.45. The number of rotatable bonds is 11. The van der Waals surface area contributed by atoms with Gasteiger partial charge in [-0.3, -0.25) is 9.36 Å². The summed E-state index contributed by atoms with van der Waals surface area (Å²) < 4.78 is 45.1. The first kappa shape index (κ1) is 26.0. The second-order valence-corrected chi connectivity index (χ2v) is 9.57. The number of phosphoric acid groups is 1. The average Bonchev–Trinajstić information content (AvgIpc) is 3.10. The molecule has 0 spiro atoms. The Balaban J connectivity index is 2.04. The van der Waals surface area contributed by atoms with E-state index in [2.05, 4.69) is 0 Å². The largest absolute Gasteiger partial charge is 0.756 e. The SMILES string of the molecule is [B][C@H]1CC(OC(C)C)[C@@H](COP(=O)([O-])OC2C[C@H]([B])O[C@@]2(COC(C)C)C(C)=O)O1. The lowest BCUT2D eigenvalue weighted by Crippen LogP contribution is -2.52. The number of carbonyl (C=O) groups excluding carboxylic acids is 1. The van der Waals surface area contributed by atoms with Gasteiger partial charge in [-0.05, 0) is 47.5 Å². The second kappa shape index (κ2) is 10.6. The number of phosphoric ester groups is 1. The van der Waals surface area contributed by atoms with Crippen LogP contribution in [0.25, 0.3) is 0 Å². The van der Waals surface area contributed by atoms with E-state index in [1.54, 1.807) is 13.8 Å². The van der Waals surface area contributed by atoms with Crippen molar-refractivity contribution in [3.63, 3.8) is 0 Å². The minimum atomic E-state index is -4.84. The predicted molar refractivity (Wildman–Crippen MR) is 107 cm³/mol. The molecular weight excluding hydrogens is 413 g/mol. The van der Waals surface area contributed by atoms with E-state index in [0.29, 0.717) is 6.42 Å². The smallest absolute Gasteiger partial charge is 0.268 e. The summed E-state index contributed by atoms with van der Waals surface area (Å²) in [5, 5.41) is 0. The fraction of sp³-hybridized carbons (Fsp3) is 0.944. The van der Waals surface area contributed by atoms with Gasteiger partial charge in [0, 0.05) is 12.0 Å². The summed E-state index contributed by atoms with van der Waals surface area (Å²) in [5.74, 6) is -0.448. The van der Waals surface area contributed by atoms with Crippen LogP contribution in [0.15, 0.2) is 0 Å². The van der Waals surface area contributed by atoms with Crippen LogP contribution in [0.3, 0.4) is 0 Å². The van der Waals surface area contributed by atoms with Crippen LogP contribution in [0.1, 0.15) is 47.5 Å². The normalized spacial score (nSPS) is 36.5. The fourth-order valence-corrected chi connectivity index (χ4v) is 4.45. The molecule has 7 atom stereocenters. The van der Waals surface area contributed by atoms with Crippen LogP contribution < -0.4 is 4.89 Å². The van der Waals surface area contributed by atoms with Crippen molar-refractivity contribution in [2.75, 3.05) is 13.2 Å². The van der Waals surface area contributed by atoms with E-state index in [9.17, 15) is 14.3 Å². The first-order valence-corrected chi connectivity index (χ1v) is 11.6. The van der Waals surface area contributed by atoms with Crippen molar-refractivity contribution < 1.29 is 42.2 Å². The Morgan fingerprint density at radius 2 is 1.87 bits per heavy atom. The summed E-state index contributed by atoms with van der Waals surface area (Å²) in [6.45, 7) is 8.02. The molecule has 2 fully saturated rings. The van der Waals surface area contributed by atoms with E-state index in [-0.39, 0.29) is 31.8 Å². The molecule has 2 saturated heterocycles. The maximum Gasteiger partial charge on any atom is 0.268 e. The summed E-state index contributed by atoms with van der Waals surface area (Å²) >= 11 is 0. The zero-order valence-electron chi connectivity index (χ0n) is 18.1. The van der Waals surface area contributed by atoms with Gasteiger partial charge in [-0.1, -0.05) is 0 Å². The molecule has 2 aliphatic heterocycles. The molecular formula is C18H30B2O9P-. The molecule has 0 N–H and O–H groups in total. The van der Waals surface area contributed by atoms with Crippen LogP contribution in [0.5, 0.6) is 0 Å². The topological polar surface area (TPSA) is 113 Å². The number of ether oxygens (including phenoxy) is 4. The number of ketones is 1. The Bertz CT molecular complexity index is 635. The molecule has 0 aromatic carbocycles. The van der Waals surface area contributed by atoms with Gasteiger partial charge in [0.1, 0.15) is 27.9 Å². The van der Waals surface area contributed by atoms with Gasteiger partial charge >= 0.3 is 0 Å². The van der Waals surface area contributed by atoms with Gasteiger partial charge in [0.15, 0.2) is 11.4 Å². The molecule has 0 aliphatic carbocycles. The quantitative estimate of drug-likeness (QED) is 0.335. The summed E-state index contributed by atoms with van der Waals surface area (Å²) in [4.78, 5) is 24.9. The maximum atomic E-state index is 12.5. The van der Waals surface area contributed by atoms with Crippen molar-refractivity contribution in [3.8, 4) is 0 Å². The van der Waals surface area contributed by atoms with Crippen LogP contribution in [-0.4, -0.2) is 82.8 Å². The zero-order chi connectivity index (χ0) is 22.7. The highest BCUT2D eigenvalue weighted by atomic mass is 31.2. The Labute approximate surface area is 180 Å². The number of Topliss-reactive ketones (excluding diaryl/α,β-unsaturated/α-hetero) is 1. The summed E-state index contributed by atoms with van der Waals surface area (Å²) in [6, 6.07) is -1.45. The van der Waals surface area contributed by atoms with E-state index in [0.717, 1.165) is 0 Å². The molecule has 0 saturated carbocycles. The first-order chi connectivity index (χ1) is 13.8. The van der Waals surface area contributed by atoms with E-state index in [1.807, 2.05) is 13.8 Å². The van der Waals surface area contributed by atoms with E-state index >= 15 is 0 Å². The first-order valence-electron chi connectivity index (χ1n) is 10.1. The van der Waals surface area contributed by atoms with Gasteiger partial charge in [0.05, 0.1) is 31.5 Å². The molecule has 0 bridgehead atoms. The Kier molecular flexibility index (Phi) is 9.17. The monoisotopic (exact) mass is 443 g/mol. The van der Waals surface area contributed by atoms with Gasteiger partial charge < -0.3 is 32.9 Å². The van der Waals surface area contributed by atoms with Crippen molar-refractivity contribution in [1.82, 2.24) is 0 Å². The Morgan fingerprint density at radius 1 is 1.20 bits per heavy atom. The van der Waals surface area contributed by atoms with Crippen molar-refractivity contribution in [2.45, 2.75) is 95.6 Å². The lowest BCUT2D eigenvalue weighted by atomic mass is 9.90. The Hall–Kier alpha value is -0.250. The summed E-state index contributed by atoms with van der Waals surface area (Å²) in [7, 11) is 6.77. The molecule has 12 heteroatoms. The summed E-state index contributed by atoms with van der Waals surface area (Å²) in [5.41, 5.74) is -1.64. The van der Waals surface area contributed by atoms with Crippen LogP contribution in [0.2, 0.25) is 0 Å². The minimum Gasteiger partial charge on any atom is -0.756 e. The third-order valence-corrected chi connectivity index (χ3v) is 5.86. The number of hydrogen-bond donors (Lipinski definition) is 0. The lowest BCUT2D eigenvalue weighted by Gasteiger charge is -2.36. The van der Waals surface area contributed by atoms with Crippen molar-refractivity contribution >= 4 is 29.3 Å². The zero-order valence-corrected chi connectivity index (χ0v) is 19.0. The third-order valence-electron chi connectivity index (χ3n) is 4.88. The fourth-order valence-electron chi connectivity index (χ4n) is 3.49. The van der Waals surface area contributed by atoms with Gasteiger partial charge in [0.25, 0.3) is 7.82 Å². The molecule has 4 radical (unpaired) electrons. The van der Waals surface area contributed by atoms with Gasteiger partial charge in [-0.2, -0.15) is 0 Å². The Morgan fingerprint density at radius 3 is 2.43 bits per heavy atom. The molecule has 9 nitrogen and oxygen atoms in total. The lowest BCUT2D eigenvalue weighted by molar-refractivity contribution is -0.237. The molecule has 30 heavy (non-hydrogen) atoms. The second-order valence-electron chi connectivity index (χ2n) is 8.21. The molecule has 3 unspecified atom stereocenters. The van der Waals surface area contributed by atoms with Gasteiger partial charge in [-0.25, -0.2) is 0 Å². The molecule has 2 rings (SSSR count).